The first-order chi connectivity index (χ1) is 11.4. The summed E-state index contributed by atoms with van der Waals surface area (Å²) < 4.78 is 15.7. The third-order valence-corrected chi connectivity index (χ3v) is 4.86. The highest BCUT2D eigenvalue weighted by Gasteiger charge is 2.14. The molecule has 3 heteroatoms. The Labute approximate surface area is 150 Å². The normalized spacial score (nSPS) is 36.4. The minimum absolute atomic E-state index is 0.0196. The van der Waals surface area contributed by atoms with Gasteiger partial charge in [0.25, 0.3) is 0 Å². The molecule has 0 radical (unpaired) electrons. The Hall–Kier alpha value is -0.380. The number of rotatable bonds is 0. The summed E-state index contributed by atoms with van der Waals surface area (Å²) in [5, 5.41) is 0. The van der Waals surface area contributed by atoms with Gasteiger partial charge in [0, 0.05) is 12.5 Å². The van der Waals surface area contributed by atoms with Crippen molar-refractivity contribution in [1.82, 2.24) is 0 Å². The molecule has 3 atom stereocenters. The van der Waals surface area contributed by atoms with Gasteiger partial charge in [0.2, 0.25) is 0 Å². The van der Waals surface area contributed by atoms with Crippen LogP contribution in [0.2, 0.25) is 0 Å². The Morgan fingerprint density at radius 3 is 1.75 bits per heavy atom. The summed E-state index contributed by atoms with van der Waals surface area (Å²) in [5.74, 6) is 2.32. The molecule has 0 amide bonds. The van der Waals surface area contributed by atoms with Crippen LogP contribution in [-0.2, 0) is 14.2 Å². The van der Waals surface area contributed by atoms with Gasteiger partial charge in [0.15, 0.2) is 6.29 Å². The molecule has 0 aromatic carbocycles. The van der Waals surface area contributed by atoms with E-state index in [0.29, 0.717) is 12.0 Å². The lowest BCUT2D eigenvalue weighted by Crippen LogP contribution is -2.27. The molecular formula is C21H40O3. The molecule has 2 saturated heterocycles. The van der Waals surface area contributed by atoms with E-state index in [1.54, 1.807) is 5.57 Å². The lowest BCUT2D eigenvalue weighted by atomic mass is 9.92. The summed E-state index contributed by atoms with van der Waals surface area (Å²) in [7, 11) is 0. The van der Waals surface area contributed by atoms with Crippen LogP contribution < -0.4 is 0 Å². The molecule has 0 bridgehead atoms. The molecule has 0 saturated carbocycles. The average Bonchev–Trinajstić information content (AvgIpc) is 2.57. The van der Waals surface area contributed by atoms with Crippen LogP contribution in [0.5, 0.6) is 0 Å². The molecular weight excluding hydrogens is 300 g/mol. The second-order valence-electron chi connectivity index (χ2n) is 8.10. The van der Waals surface area contributed by atoms with Gasteiger partial charge in [0.1, 0.15) is 0 Å². The van der Waals surface area contributed by atoms with Crippen LogP contribution in [0.25, 0.3) is 0 Å². The predicted molar refractivity (Wildman–Crippen MR) is 101 cm³/mol. The maximum Gasteiger partial charge on any atom is 0.154 e. The van der Waals surface area contributed by atoms with Gasteiger partial charge in [-0.2, -0.15) is 0 Å². The number of allylic oxidation sites excluding steroid dienone is 2. The minimum Gasteiger partial charge on any atom is -0.378 e. The Morgan fingerprint density at radius 2 is 1.38 bits per heavy atom. The van der Waals surface area contributed by atoms with E-state index in [0.717, 1.165) is 31.7 Å². The SMILES string of the molecule is CC1=CCC(C)CC1.CC1CCC(C)OC1.CC1COC(C)OC1. The third kappa shape index (κ3) is 10.5. The largest absolute Gasteiger partial charge is 0.378 e. The zero-order valence-electron chi connectivity index (χ0n) is 16.8. The smallest absolute Gasteiger partial charge is 0.154 e. The van der Waals surface area contributed by atoms with Gasteiger partial charge in [0.05, 0.1) is 19.3 Å². The molecule has 2 aliphatic heterocycles. The van der Waals surface area contributed by atoms with Crippen molar-refractivity contribution in [3.05, 3.63) is 11.6 Å². The van der Waals surface area contributed by atoms with Crippen LogP contribution in [-0.4, -0.2) is 32.2 Å². The van der Waals surface area contributed by atoms with Crippen molar-refractivity contribution in [3.63, 3.8) is 0 Å². The van der Waals surface area contributed by atoms with Crippen LogP contribution in [0, 0.1) is 17.8 Å². The zero-order valence-corrected chi connectivity index (χ0v) is 16.8. The van der Waals surface area contributed by atoms with Gasteiger partial charge < -0.3 is 14.2 Å². The Morgan fingerprint density at radius 1 is 0.750 bits per heavy atom. The van der Waals surface area contributed by atoms with E-state index in [4.69, 9.17) is 14.2 Å². The Bertz CT molecular complexity index is 297. The minimum atomic E-state index is 0.0196. The summed E-state index contributed by atoms with van der Waals surface area (Å²) in [5.41, 5.74) is 1.59. The van der Waals surface area contributed by atoms with Crippen LogP contribution in [0.4, 0.5) is 0 Å². The molecule has 3 aliphatic rings. The molecule has 0 aromatic rings. The van der Waals surface area contributed by atoms with Crippen LogP contribution in [0.3, 0.4) is 0 Å². The van der Waals surface area contributed by atoms with Crippen molar-refractivity contribution >= 4 is 0 Å². The number of ether oxygens (including phenoxy) is 3. The average molecular weight is 341 g/mol. The van der Waals surface area contributed by atoms with Crippen molar-refractivity contribution < 1.29 is 14.2 Å². The standard InChI is InChI=1S/C8H14.C7H14O.C6H12O2/c1-7-3-5-8(2)6-4-7;1-6-3-4-7(2)8-5-6;1-5-3-7-6(2)8-4-5/h3,8H,4-6H2,1-2H3;6-7H,3-5H2,1-2H3;5-6H,3-4H2,1-2H3. The maximum absolute atomic E-state index is 5.39. The maximum atomic E-state index is 5.39. The lowest BCUT2D eigenvalue weighted by molar-refractivity contribution is -0.187. The molecule has 142 valence electrons. The zero-order chi connectivity index (χ0) is 17.9. The molecule has 0 spiro atoms. The van der Waals surface area contributed by atoms with Crippen molar-refractivity contribution in [2.75, 3.05) is 19.8 Å². The van der Waals surface area contributed by atoms with Crippen molar-refractivity contribution in [1.29, 1.82) is 0 Å². The quantitative estimate of drug-likeness (QED) is 0.538. The predicted octanol–water partition coefficient (Wildman–Crippen LogP) is 5.59. The lowest BCUT2D eigenvalue weighted by Gasteiger charge is -2.24. The molecule has 0 aromatic heterocycles. The van der Waals surface area contributed by atoms with Crippen LogP contribution in [0.1, 0.15) is 73.6 Å². The van der Waals surface area contributed by atoms with E-state index in [1.165, 1.54) is 32.1 Å². The second-order valence-corrected chi connectivity index (χ2v) is 8.10. The number of hydrogen-bond donors (Lipinski definition) is 0. The van der Waals surface area contributed by atoms with Crippen molar-refractivity contribution in [3.8, 4) is 0 Å². The fourth-order valence-electron chi connectivity index (χ4n) is 2.81. The molecule has 0 N–H and O–H groups in total. The molecule has 3 rings (SSSR count). The van der Waals surface area contributed by atoms with E-state index in [-0.39, 0.29) is 6.29 Å². The van der Waals surface area contributed by atoms with E-state index < -0.39 is 0 Å². The summed E-state index contributed by atoms with van der Waals surface area (Å²) in [6, 6.07) is 0. The molecule has 3 unspecified atom stereocenters. The van der Waals surface area contributed by atoms with E-state index in [1.807, 2.05) is 6.92 Å². The summed E-state index contributed by atoms with van der Waals surface area (Å²) >= 11 is 0. The van der Waals surface area contributed by atoms with Gasteiger partial charge in [-0.3, -0.25) is 0 Å². The fourth-order valence-corrected chi connectivity index (χ4v) is 2.81. The molecule has 3 nitrogen and oxygen atoms in total. The molecule has 24 heavy (non-hydrogen) atoms. The van der Waals surface area contributed by atoms with Crippen LogP contribution in [0.15, 0.2) is 11.6 Å². The summed E-state index contributed by atoms with van der Waals surface area (Å²) in [6.45, 7) is 15.6. The van der Waals surface area contributed by atoms with E-state index in [2.05, 4.69) is 40.7 Å². The van der Waals surface area contributed by atoms with Crippen molar-refractivity contribution in [2.24, 2.45) is 17.8 Å². The topological polar surface area (TPSA) is 27.7 Å². The van der Waals surface area contributed by atoms with E-state index in [9.17, 15) is 0 Å². The van der Waals surface area contributed by atoms with Gasteiger partial charge in [-0.05, 0) is 64.7 Å². The summed E-state index contributed by atoms with van der Waals surface area (Å²) in [4.78, 5) is 0. The third-order valence-electron chi connectivity index (χ3n) is 4.86. The highest BCUT2D eigenvalue weighted by Crippen LogP contribution is 2.21. The monoisotopic (exact) mass is 340 g/mol. The Balaban J connectivity index is 0.000000180. The van der Waals surface area contributed by atoms with Gasteiger partial charge in [-0.15, -0.1) is 0 Å². The van der Waals surface area contributed by atoms with Crippen LogP contribution >= 0.6 is 0 Å². The first kappa shape index (κ1) is 21.7. The van der Waals surface area contributed by atoms with Gasteiger partial charge >= 0.3 is 0 Å². The first-order valence-electron chi connectivity index (χ1n) is 9.87. The molecule has 1 aliphatic carbocycles. The first-order valence-corrected chi connectivity index (χ1v) is 9.87. The second kappa shape index (κ2) is 12.1. The van der Waals surface area contributed by atoms with Crippen molar-refractivity contribution in [2.45, 2.75) is 86.0 Å². The fraction of sp³-hybridized carbons (Fsp3) is 0.905. The Kier molecular flexibility index (Phi) is 10.9. The molecule has 2 heterocycles. The molecule has 2 fully saturated rings. The number of hydrogen-bond acceptors (Lipinski definition) is 3. The summed E-state index contributed by atoms with van der Waals surface area (Å²) in [6.07, 6.45) is 9.56. The van der Waals surface area contributed by atoms with E-state index >= 15 is 0 Å². The highest BCUT2D eigenvalue weighted by atomic mass is 16.7. The van der Waals surface area contributed by atoms with Gasteiger partial charge in [-0.1, -0.05) is 32.4 Å². The highest BCUT2D eigenvalue weighted by molar-refractivity contribution is 5.01. The van der Waals surface area contributed by atoms with Gasteiger partial charge in [-0.25, -0.2) is 0 Å².